The first kappa shape index (κ1) is 13.4. The molecule has 0 fully saturated rings. The highest BCUT2D eigenvalue weighted by Gasteiger charge is 2.07. The predicted molar refractivity (Wildman–Crippen MR) is 77.6 cm³/mol. The van der Waals surface area contributed by atoms with Gasteiger partial charge < -0.3 is 5.32 Å². The number of fused-ring (bicyclic) bond motifs is 1. The van der Waals surface area contributed by atoms with E-state index in [0.717, 1.165) is 29.6 Å². The van der Waals surface area contributed by atoms with Gasteiger partial charge in [0.05, 0.1) is 5.52 Å². The highest BCUT2D eigenvalue weighted by Crippen LogP contribution is 2.23. The normalized spacial score (nSPS) is 12.6. The van der Waals surface area contributed by atoms with Gasteiger partial charge in [0, 0.05) is 22.3 Å². The Morgan fingerprint density at radius 1 is 1.33 bits per heavy atom. The number of rotatable bonds is 5. The third kappa shape index (κ3) is 3.24. The van der Waals surface area contributed by atoms with Gasteiger partial charge in [0.25, 0.3) is 0 Å². The lowest BCUT2D eigenvalue weighted by molar-refractivity contribution is 0.691. The molecular weight excluding hydrogens is 269 g/mol. The highest BCUT2D eigenvalue weighted by atomic mass is 35.5. The number of anilines is 1. The topological polar surface area (TPSA) is 37.8 Å². The molecule has 0 bridgehead atoms. The van der Waals surface area contributed by atoms with Gasteiger partial charge in [0.15, 0.2) is 0 Å². The summed E-state index contributed by atoms with van der Waals surface area (Å²) in [6.45, 7) is 2.12. The molecule has 0 radical (unpaired) electrons. The second-order valence-electron chi connectivity index (χ2n) is 4.26. The first-order valence-corrected chi connectivity index (χ1v) is 6.84. The third-order valence-corrected chi connectivity index (χ3v) is 3.25. The summed E-state index contributed by atoms with van der Waals surface area (Å²) in [7, 11) is 0. The maximum atomic E-state index is 5.95. The molecule has 18 heavy (non-hydrogen) atoms. The molecule has 0 aliphatic heterocycles. The summed E-state index contributed by atoms with van der Waals surface area (Å²) in [5.74, 6) is 1.53. The minimum Gasteiger partial charge on any atom is -0.367 e. The second kappa shape index (κ2) is 6.21. The fourth-order valence-corrected chi connectivity index (χ4v) is 2.15. The van der Waals surface area contributed by atoms with Crippen LogP contribution >= 0.6 is 23.2 Å². The Hall–Kier alpha value is -1.06. The van der Waals surface area contributed by atoms with Crippen LogP contribution in [-0.4, -0.2) is 21.9 Å². The number of hydrogen-bond donors (Lipinski definition) is 1. The van der Waals surface area contributed by atoms with Crippen molar-refractivity contribution in [1.82, 2.24) is 9.97 Å². The average Bonchev–Trinajstić information content (AvgIpc) is 2.36. The lowest BCUT2D eigenvalue weighted by Crippen LogP contribution is -2.16. The molecule has 1 N–H and O–H groups in total. The van der Waals surface area contributed by atoms with Crippen LogP contribution in [0.2, 0.25) is 5.02 Å². The summed E-state index contributed by atoms with van der Waals surface area (Å²) in [5.41, 5.74) is 0.851. The second-order valence-corrected chi connectivity index (χ2v) is 5.07. The molecule has 0 spiro atoms. The van der Waals surface area contributed by atoms with E-state index in [4.69, 9.17) is 23.2 Å². The van der Waals surface area contributed by atoms with Crippen molar-refractivity contribution in [1.29, 1.82) is 0 Å². The lowest BCUT2D eigenvalue weighted by Gasteiger charge is -2.15. The van der Waals surface area contributed by atoms with Gasteiger partial charge in [-0.3, -0.25) is 0 Å². The van der Waals surface area contributed by atoms with E-state index in [0.29, 0.717) is 16.9 Å². The molecule has 1 aromatic carbocycles. The largest absolute Gasteiger partial charge is 0.367 e. The zero-order valence-corrected chi connectivity index (χ0v) is 11.7. The molecule has 0 aliphatic rings. The fourth-order valence-electron chi connectivity index (χ4n) is 1.83. The van der Waals surface area contributed by atoms with E-state index in [9.17, 15) is 0 Å². The van der Waals surface area contributed by atoms with E-state index in [1.807, 2.05) is 18.2 Å². The summed E-state index contributed by atoms with van der Waals surface area (Å²) < 4.78 is 0. The van der Waals surface area contributed by atoms with E-state index in [1.165, 1.54) is 0 Å². The summed E-state index contributed by atoms with van der Waals surface area (Å²) in [4.78, 5) is 8.50. The molecule has 0 saturated carbocycles. The van der Waals surface area contributed by atoms with Crippen molar-refractivity contribution in [2.75, 3.05) is 11.2 Å². The molecular formula is C13H15Cl2N3. The van der Waals surface area contributed by atoms with E-state index in [2.05, 4.69) is 22.2 Å². The molecule has 2 aromatic rings. The fraction of sp³-hybridized carbons (Fsp3) is 0.385. The zero-order valence-electron chi connectivity index (χ0n) is 10.2. The van der Waals surface area contributed by atoms with E-state index in [1.54, 1.807) is 6.33 Å². The highest BCUT2D eigenvalue weighted by molar-refractivity contribution is 6.31. The molecule has 96 valence electrons. The SMILES string of the molecule is CC(CCCCl)Nc1ncnc2cc(Cl)ccc12. The van der Waals surface area contributed by atoms with Crippen LogP contribution in [0.25, 0.3) is 10.9 Å². The van der Waals surface area contributed by atoms with Gasteiger partial charge >= 0.3 is 0 Å². The molecule has 5 heteroatoms. The Morgan fingerprint density at radius 3 is 2.94 bits per heavy atom. The predicted octanol–water partition coefficient (Wildman–Crippen LogP) is 4.10. The molecule has 0 saturated heterocycles. The Labute approximate surface area is 117 Å². The number of halogens is 2. The number of nitrogens with zero attached hydrogens (tertiary/aromatic N) is 2. The first-order valence-electron chi connectivity index (χ1n) is 5.93. The van der Waals surface area contributed by atoms with Gasteiger partial charge in [-0.2, -0.15) is 0 Å². The molecule has 1 unspecified atom stereocenters. The Morgan fingerprint density at radius 2 is 2.17 bits per heavy atom. The molecule has 0 aliphatic carbocycles. The summed E-state index contributed by atoms with van der Waals surface area (Å²) in [5, 5.41) is 5.05. The standard InChI is InChI=1S/C13H15Cl2N3/c1-9(3-2-6-14)18-13-11-5-4-10(15)7-12(11)16-8-17-13/h4-5,7-9H,2-3,6H2,1H3,(H,16,17,18). The smallest absolute Gasteiger partial charge is 0.137 e. The van der Waals surface area contributed by atoms with Crippen LogP contribution < -0.4 is 5.32 Å². The van der Waals surface area contributed by atoms with Gasteiger partial charge in [0.1, 0.15) is 12.1 Å². The number of hydrogen-bond acceptors (Lipinski definition) is 3. The number of aromatic nitrogens is 2. The van der Waals surface area contributed by atoms with Crippen LogP contribution in [0.1, 0.15) is 19.8 Å². The monoisotopic (exact) mass is 283 g/mol. The molecule has 2 rings (SSSR count). The Bertz CT molecular complexity index is 531. The minimum absolute atomic E-state index is 0.331. The van der Waals surface area contributed by atoms with Crippen molar-refractivity contribution in [2.45, 2.75) is 25.8 Å². The zero-order chi connectivity index (χ0) is 13.0. The van der Waals surface area contributed by atoms with Crippen molar-refractivity contribution in [3.8, 4) is 0 Å². The maximum Gasteiger partial charge on any atom is 0.137 e. The Balaban J connectivity index is 2.22. The van der Waals surface area contributed by atoms with E-state index >= 15 is 0 Å². The quantitative estimate of drug-likeness (QED) is 0.840. The van der Waals surface area contributed by atoms with Gasteiger partial charge in [-0.05, 0) is 38.0 Å². The Kier molecular flexibility index (Phi) is 4.61. The summed E-state index contributed by atoms with van der Waals surface area (Å²) in [6, 6.07) is 5.96. The molecule has 1 atom stereocenters. The molecule has 1 heterocycles. The summed E-state index contributed by atoms with van der Waals surface area (Å²) in [6.07, 6.45) is 3.56. The maximum absolute atomic E-state index is 5.95. The van der Waals surface area contributed by atoms with Gasteiger partial charge in [0.2, 0.25) is 0 Å². The van der Waals surface area contributed by atoms with Crippen LogP contribution in [0.4, 0.5) is 5.82 Å². The molecule has 3 nitrogen and oxygen atoms in total. The summed E-state index contributed by atoms with van der Waals surface area (Å²) >= 11 is 11.6. The van der Waals surface area contributed by atoms with E-state index < -0.39 is 0 Å². The van der Waals surface area contributed by atoms with Crippen molar-refractivity contribution in [3.05, 3.63) is 29.5 Å². The average molecular weight is 284 g/mol. The number of nitrogens with one attached hydrogen (secondary N) is 1. The first-order chi connectivity index (χ1) is 8.70. The van der Waals surface area contributed by atoms with Crippen LogP contribution in [-0.2, 0) is 0 Å². The van der Waals surface area contributed by atoms with Crippen LogP contribution in [0.3, 0.4) is 0 Å². The van der Waals surface area contributed by atoms with Crippen LogP contribution in [0.15, 0.2) is 24.5 Å². The van der Waals surface area contributed by atoms with Crippen molar-refractivity contribution in [3.63, 3.8) is 0 Å². The van der Waals surface area contributed by atoms with E-state index in [-0.39, 0.29) is 0 Å². The lowest BCUT2D eigenvalue weighted by atomic mass is 10.2. The molecule has 1 aromatic heterocycles. The van der Waals surface area contributed by atoms with Crippen LogP contribution in [0.5, 0.6) is 0 Å². The molecule has 0 amide bonds. The third-order valence-electron chi connectivity index (χ3n) is 2.75. The van der Waals surface area contributed by atoms with Crippen molar-refractivity contribution >= 4 is 39.9 Å². The van der Waals surface area contributed by atoms with Crippen LogP contribution in [0, 0.1) is 0 Å². The van der Waals surface area contributed by atoms with Crippen molar-refractivity contribution < 1.29 is 0 Å². The van der Waals surface area contributed by atoms with Gasteiger partial charge in [-0.15, -0.1) is 11.6 Å². The van der Waals surface area contributed by atoms with Crippen molar-refractivity contribution in [2.24, 2.45) is 0 Å². The number of benzene rings is 1. The minimum atomic E-state index is 0.331. The van der Waals surface area contributed by atoms with Gasteiger partial charge in [-0.25, -0.2) is 9.97 Å². The number of alkyl halides is 1. The van der Waals surface area contributed by atoms with Gasteiger partial charge in [-0.1, -0.05) is 11.6 Å².